The summed E-state index contributed by atoms with van der Waals surface area (Å²) in [5, 5.41) is 4.28. The Labute approximate surface area is 96.2 Å². The first kappa shape index (κ1) is 10.8. The molecule has 1 saturated heterocycles. The van der Waals surface area contributed by atoms with Crippen LogP contribution < -0.4 is 10.2 Å². The van der Waals surface area contributed by atoms with Crippen molar-refractivity contribution in [2.45, 2.75) is 25.9 Å². The number of nitrogens with zero attached hydrogens (tertiary/aromatic N) is 1. The van der Waals surface area contributed by atoms with Crippen LogP contribution in [-0.2, 0) is 0 Å². The summed E-state index contributed by atoms with van der Waals surface area (Å²) in [7, 11) is 0. The normalized spacial score (nSPS) is 26.7. The molecule has 0 radical (unpaired) electrons. The highest BCUT2D eigenvalue weighted by Gasteiger charge is 2.22. The molecule has 82 valence electrons. The van der Waals surface area contributed by atoms with Crippen LogP contribution in [0.2, 0.25) is 5.02 Å². The minimum atomic E-state index is 0.544. The van der Waals surface area contributed by atoms with Gasteiger partial charge in [0, 0.05) is 35.9 Å². The van der Waals surface area contributed by atoms with Gasteiger partial charge in [-0.2, -0.15) is 0 Å². The van der Waals surface area contributed by atoms with Crippen molar-refractivity contribution in [3.05, 3.63) is 29.3 Å². The van der Waals surface area contributed by atoms with E-state index in [4.69, 9.17) is 11.6 Å². The van der Waals surface area contributed by atoms with Crippen molar-refractivity contribution in [2.75, 3.05) is 18.0 Å². The molecule has 15 heavy (non-hydrogen) atoms. The number of piperazine rings is 1. The summed E-state index contributed by atoms with van der Waals surface area (Å²) < 4.78 is 0. The zero-order valence-corrected chi connectivity index (χ0v) is 9.96. The third kappa shape index (κ3) is 2.44. The van der Waals surface area contributed by atoms with Gasteiger partial charge in [-0.15, -0.1) is 0 Å². The van der Waals surface area contributed by atoms with Gasteiger partial charge in [-0.1, -0.05) is 11.6 Å². The van der Waals surface area contributed by atoms with E-state index in [1.807, 2.05) is 12.1 Å². The maximum Gasteiger partial charge on any atom is 0.0407 e. The van der Waals surface area contributed by atoms with Gasteiger partial charge in [0.25, 0.3) is 0 Å². The maximum atomic E-state index is 5.88. The van der Waals surface area contributed by atoms with Gasteiger partial charge in [0.05, 0.1) is 0 Å². The Morgan fingerprint density at radius 3 is 2.60 bits per heavy atom. The molecule has 1 aliphatic heterocycles. The highest BCUT2D eigenvalue weighted by atomic mass is 35.5. The second kappa shape index (κ2) is 4.42. The van der Waals surface area contributed by atoms with Crippen LogP contribution in [0.1, 0.15) is 13.8 Å². The molecule has 0 saturated carbocycles. The minimum Gasteiger partial charge on any atom is -0.366 e. The summed E-state index contributed by atoms with van der Waals surface area (Å²) in [5.74, 6) is 0. The number of halogens is 1. The van der Waals surface area contributed by atoms with E-state index >= 15 is 0 Å². The smallest absolute Gasteiger partial charge is 0.0407 e. The number of hydrogen-bond donors (Lipinski definition) is 1. The van der Waals surface area contributed by atoms with E-state index in [-0.39, 0.29) is 0 Å². The summed E-state index contributed by atoms with van der Waals surface area (Å²) in [6.07, 6.45) is 0. The third-order valence-electron chi connectivity index (χ3n) is 2.92. The van der Waals surface area contributed by atoms with Crippen LogP contribution in [0, 0.1) is 0 Å². The molecule has 1 aromatic carbocycles. The topological polar surface area (TPSA) is 15.3 Å². The molecule has 1 N–H and O–H groups in total. The zero-order valence-electron chi connectivity index (χ0n) is 9.20. The fourth-order valence-corrected chi connectivity index (χ4v) is 2.14. The first-order valence-electron chi connectivity index (χ1n) is 5.42. The van der Waals surface area contributed by atoms with E-state index in [2.05, 4.69) is 36.2 Å². The molecule has 2 unspecified atom stereocenters. The number of rotatable bonds is 1. The van der Waals surface area contributed by atoms with Crippen LogP contribution >= 0.6 is 11.6 Å². The lowest BCUT2D eigenvalue weighted by atomic mass is 10.1. The molecule has 0 aliphatic carbocycles. The summed E-state index contributed by atoms with van der Waals surface area (Å²) in [6.45, 7) is 6.56. The Morgan fingerprint density at radius 2 is 1.93 bits per heavy atom. The van der Waals surface area contributed by atoms with E-state index in [9.17, 15) is 0 Å². The monoisotopic (exact) mass is 224 g/mol. The van der Waals surface area contributed by atoms with Crippen molar-refractivity contribution < 1.29 is 0 Å². The van der Waals surface area contributed by atoms with E-state index in [0.717, 1.165) is 18.1 Å². The van der Waals surface area contributed by atoms with Crippen molar-refractivity contribution in [1.82, 2.24) is 5.32 Å². The number of hydrogen-bond acceptors (Lipinski definition) is 2. The average Bonchev–Trinajstić information content (AvgIpc) is 2.23. The van der Waals surface area contributed by atoms with E-state index in [1.165, 1.54) is 5.69 Å². The van der Waals surface area contributed by atoms with Gasteiger partial charge in [0.15, 0.2) is 0 Å². The largest absolute Gasteiger partial charge is 0.366 e. The van der Waals surface area contributed by atoms with E-state index in [0.29, 0.717) is 12.1 Å². The van der Waals surface area contributed by atoms with Crippen LogP contribution in [-0.4, -0.2) is 25.2 Å². The molecule has 0 amide bonds. The maximum absolute atomic E-state index is 5.88. The van der Waals surface area contributed by atoms with Gasteiger partial charge in [-0.3, -0.25) is 0 Å². The van der Waals surface area contributed by atoms with Gasteiger partial charge in [0.1, 0.15) is 0 Å². The molecule has 0 spiro atoms. The van der Waals surface area contributed by atoms with Crippen LogP contribution in [0.3, 0.4) is 0 Å². The predicted octanol–water partition coefficient (Wildman–Crippen LogP) is 2.53. The fraction of sp³-hybridized carbons (Fsp3) is 0.500. The van der Waals surface area contributed by atoms with E-state index in [1.54, 1.807) is 0 Å². The lowest BCUT2D eigenvalue weighted by molar-refractivity contribution is 0.425. The Kier molecular flexibility index (Phi) is 3.17. The van der Waals surface area contributed by atoms with Crippen LogP contribution in [0.5, 0.6) is 0 Å². The number of nitrogens with one attached hydrogen (secondary N) is 1. The van der Waals surface area contributed by atoms with Gasteiger partial charge in [0.2, 0.25) is 0 Å². The second-order valence-electron chi connectivity index (χ2n) is 4.29. The van der Waals surface area contributed by atoms with Crippen molar-refractivity contribution in [1.29, 1.82) is 0 Å². The van der Waals surface area contributed by atoms with E-state index < -0.39 is 0 Å². The van der Waals surface area contributed by atoms with Gasteiger partial charge in [-0.25, -0.2) is 0 Å². The number of benzene rings is 1. The molecule has 2 nitrogen and oxygen atoms in total. The minimum absolute atomic E-state index is 0.544. The standard InChI is InChI=1S/C12H17ClN2/c1-9-8-15(10(2)7-14-9)12-5-3-11(13)4-6-12/h3-6,9-10,14H,7-8H2,1-2H3. The van der Waals surface area contributed by atoms with Gasteiger partial charge in [-0.05, 0) is 38.1 Å². The SMILES string of the molecule is CC1CN(c2ccc(Cl)cc2)C(C)CN1. The molecule has 3 heteroatoms. The molecule has 1 aromatic rings. The second-order valence-corrected chi connectivity index (χ2v) is 4.72. The Balaban J connectivity index is 2.17. The van der Waals surface area contributed by atoms with Crippen molar-refractivity contribution >= 4 is 17.3 Å². The lowest BCUT2D eigenvalue weighted by Gasteiger charge is -2.39. The van der Waals surface area contributed by atoms with Crippen LogP contribution in [0.15, 0.2) is 24.3 Å². The average molecular weight is 225 g/mol. The number of anilines is 1. The van der Waals surface area contributed by atoms with Crippen LogP contribution in [0.4, 0.5) is 5.69 Å². The molecule has 0 aromatic heterocycles. The summed E-state index contributed by atoms with van der Waals surface area (Å²) >= 11 is 5.88. The Hall–Kier alpha value is -0.730. The Bertz CT molecular complexity index is 323. The first-order chi connectivity index (χ1) is 7.16. The summed E-state index contributed by atoms with van der Waals surface area (Å²) in [6, 6.07) is 9.19. The Morgan fingerprint density at radius 1 is 1.27 bits per heavy atom. The molecule has 2 rings (SSSR count). The first-order valence-corrected chi connectivity index (χ1v) is 5.80. The molecule has 1 aliphatic rings. The molecule has 1 fully saturated rings. The summed E-state index contributed by atoms with van der Waals surface area (Å²) in [5.41, 5.74) is 1.26. The van der Waals surface area contributed by atoms with Gasteiger partial charge >= 0.3 is 0 Å². The van der Waals surface area contributed by atoms with Crippen molar-refractivity contribution in [3.8, 4) is 0 Å². The molecule has 2 atom stereocenters. The third-order valence-corrected chi connectivity index (χ3v) is 3.17. The fourth-order valence-electron chi connectivity index (χ4n) is 2.01. The molecule has 0 bridgehead atoms. The molecular formula is C12H17ClN2. The quantitative estimate of drug-likeness (QED) is 0.789. The van der Waals surface area contributed by atoms with Crippen molar-refractivity contribution in [2.24, 2.45) is 0 Å². The summed E-state index contributed by atoms with van der Waals surface area (Å²) in [4.78, 5) is 2.43. The van der Waals surface area contributed by atoms with Gasteiger partial charge < -0.3 is 10.2 Å². The molecule has 1 heterocycles. The molecular weight excluding hydrogens is 208 g/mol. The van der Waals surface area contributed by atoms with Crippen molar-refractivity contribution in [3.63, 3.8) is 0 Å². The highest BCUT2D eigenvalue weighted by molar-refractivity contribution is 6.30. The predicted molar refractivity (Wildman–Crippen MR) is 65.7 cm³/mol. The van der Waals surface area contributed by atoms with Crippen LogP contribution in [0.25, 0.3) is 0 Å². The highest BCUT2D eigenvalue weighted by Crippen LogP contribution is 2.21. The zero-order chi connectivity index (χ0) is 10.8. The lowest BCUT2D eigenvalue weighted by Crippen LogP contribution is -2.54.